The molecule has 1 atom stereocenters. The molecule has 0 spiro atoms. The van der Waals surface area contributed by atoms with E-state index in [1.165, 1.54) is 32.5 Å². The lowest BCUT2D eigenvalue weighted by atomic mass is 10.1. The van der Waals surface area contributed by atoms with Gasteiger partial charge in [-0.2, -0.15) is 0 Å². The molecule has 0 fully saturated rings. The van der Waals surface area contributed by atoms with Crippen LogP contribution in [0.4, 0.5) is 0 Å². The maximum absolute atomic E-state index is 3.55. The van der Waals surface area contributed by atoms with Crippen molar-refractivity contribution in [3.8, 4) is 10.4 Å². The summed E-state index contributed by atoms with van der Waals surface area (Å²) in [5, 5.41) is 6.16. The summed E-state index contributed by atoms with van der Waals surface area (Å²) in [5.74, 6) is 0. The number of thiophene rings is 1. The van der Waals surface area contributed by atoms with Crippen molar-refractivity contribution in [1.29, 1.82) is 0 Å². The molecule has 0 radical (unpaired) electrons. The summed E-state index contributed by atoms with van der Waals surface area (Å²) in [4.78, 5) is 2.76. The Bertz CT molecular complexity index is 729. The molecule has 0 amide bonds. The van der Waals surface area contributed by atoms with Crippen LogP contribution in [0.25, 0.3) is 21.2 Å². The fourth-order valence-electron chi connectivity index (χ4n) is 2.54. The molecule has 21 heavy (non-hydrogen) atoms. The van der Waals surface area contributed by atoms with Gasteiger partial charge in [0, 0.05) is 15.8 Å². The molecule has 1 N–H and O–H groups in total. The van der Waals surface area contributed by atoms with Gasteiger partial charge in [0.1, 0.15) is 0 Å². The zero-order chi connectivity index (χ0) is 14.7. The first-order chi connectivity index (χ1) is 10.3. The van der Waals surface area contributed by atoms with Crippen LogP contribution in [0.1, 0.15) is 31.2 Å². The Morgan fingerprint density at radius 1 is 1.00 bits per heavy atom. The van der Waals surface area contributed by atoms with Crippen molar-refractivity contribution in [3.05, 3.63) is 59.5 Å². The first kappa shape index (κ1) is 14.3. The molecule has 2 aromatic carbocycles. The molecule has 1 nitrogen and oxygen atoms in total. The summed E-state index contributed by atoms with van der Waals surface area (Å²) in [6, 6.07) is 20.2. The zero-order valence-electron chi connectivity index (χ0n) is 12.6. The van der Waals surface area contributed by atoms with Crippen LogP contribution in [0.2, 0.25) is 0 Å². The van der Waals surface area contributed by atoms with Crippen LogP contribution in [-0.4, -0.2) is 6.54 Å². The highest BCUT2D eigenvalue weighted by Crippen LogP contribution is 2.32. The van der Waals surface area contributed by atoms with Crippen molar-refractivity contribution in [2.24, 2.45) is 0 Å². The summed E-state index contributed by atoms with van der Waals surface area (Å²) < 4.78 is 0. The van der Waals surface area contributed by atoms with Crippen LogP contribution in [0, 0.1) is 0 Å². The lowest BCUT2D eigenvalue weighted by Crippen LogP contribution is -2.18. The van der Waals surface area contributed by atoms with E-state index in [0.29, 0.717) is 6.04 Å². The summed E-state index contributed by atoms with van der Waals surface area (Å²) in [5.41, 5.74) is 1.31. The number of benzene rings is 2. The highest BCUT2D eigenvalue weighted by atomic mass is 32.1. The second-order valence-corrected chi connectivity index (χ2v) is 6.56. The second-order valence-electron chi connectivity index (χ2n) is 5.44. The molecular weight excluding hydrogens is 274 g/mol. The quantitative estimate of drug-likeness (QED) is 0.643. The van der Waals surface area contributed by atoms with Gasteiger partial charge in [0.15, 0.2) is 0 Å². The smallest absolute Gasteiger partial charge is 0.0386 e. The molecule has 0 aliphatic rings. The molecule has 0 saturated heterocycles. The van der Waals surface area contributed by atoms with Crippen molar-refractivity contribution in [3.63, 3.8) is 0 Å². The number of hydrogen-bond donors (Lipinski definition) is 1. The lowest BCUT2D eigenvalue weighted by Gasteiger charge is -2.10. The van der Waals surface area contributed by atoms with E-state index >= 15 is 0 Å². The maximum atomic E-state index is 3.55. The van der Waals surface area contributed by atoms with Gasteiger partial charge in [-0.3, -0.25) is 0 Å². The van der Waals surface area contributed by atoms with Crippen LogP contribution in [0.3, 0.4) is 0 Å². The van der Waals surface area contributed by atoms with Gasteiger partial charge in [-0.05, 0) is 54.4 Å². The Morgan fingerprint density at radius 2 is 1.81 bits per heavy atom. The van der Waals surface area contributed by atoms with Crippen molar-refractivity contribution >= 4 is 22.1 Å². The Labute approximate surface area is 130 Å². The molecule has 3 rings (SSSR count). The minimum atomic E-state index is 0.434. The van der Waals surface area contributed by atoms with E-state index in [-0.39, 0.29) is 0 Å². The van der Waals surface area contributed by atoms with Gasteiger partial charge in [-0.25, -0.2) is 0 Å². The normalized spacial score (nSPS) is 12.7. The van der Waals surface area contributed by atoms with Crippen LogP contribution < -0.4 is 5.32 Å². The molecular formula is C19H21NS. The average molecular weight is 295 g/mol. The Morgan fingerprint density at radius 3 is 2.62 bits per heavy atom. The third-order valence-electron chi connectivity index (χ3n) is 3.79. The fraction of sp³-hybridized carbons (Fsp3) is 0.263. The van der Waals surface area contributed by atoms with Gasteiger partial charge in [-0.1, -0.05) is 43.3 Å². The number of rotatable bonds is 5. The standard InChI is InChI=1S/C19H21NS/c1-3-12-20-14(2)18-10-11-19(21-18)17-9-8-15-6-4-5-7-16(15)13-17/h4-11,13-14,20H,3,12H2,1-2H3. The minimum absolute atomic E-state index is 0.434. The van der Waals surface area contributed by atoms with Gasteiger partial charge in [0.2, 0.25) is 0 Å². The number of hydrogen-bond acceptors (Lipinski definition) is 2. The summed E-state index contributed by atoms with van der Waals surface area (Å²) in [6.07, 6.45) is 1.17. The monoisotopic (exact) mass is 295 g/mol. The average Bonchev–Trinajstić information content (AvgIpc) is 3.02. The molecule has 0 aliphatic carbocycles. The third kappa shape index (κ3) is 3.17. The molecule has 3 aromatic rings. The Hall–Kier alpha value is -1.64. The van der Waals surface area contributed by atoms with Crippen LogP contribution in [0.5, 0.6) is 0 Å². The van der Waals surface area contributed by atoms with Gasteiger partial charge < -0.3 is 5.32 Å². The molecule has 1 aromatic heterocycles. The Kier molecular flexibility index (Phi) is 4.37. The molecule has 2 heteroatoms. The van der Waals surface area contributed by atoms with E-state index in [9.17, 15) is 0 Å². The van der Waals surface area contributed by atoms with Crippen molar-refractivity contribution in [1.82, 2.24) is 5.32 Å². The summed E-state index contributed by atoms with van der Waals surface area (Å²) in [6.45, 7) is 5.52. The lowest BCUT2D eigenvalue weighted by molar-refractivity contribution is 0.578. The van der Waals surface area contributed by atoms with Crippen LogP contribution in [-0.2, 0) is 0 Å². The maximum Gasteiger partial charge on any atom is 0.0386 e. The predicted molar refractivity (Wildman–Crippen MR) is 94.0 cm³/mol. The highest BCUT2D eigenvalue weighted by molar-refractivity contribution is 7.15. The molecule has 0 saturated carbocycles. The van der Waals surface area contributed by atoms with Crippen molar-refractivity contribution in [2.75, 3.05) is 6.54 Å². The minimum Gasteiger partial charge on any atom is -0.309 e. The van der Waals surface area contributed by atoms with Crippen molar-refractivity contribution < 1.29 is 0 Å². The van der Waals surface area contributed by atoms with E-state index < -0.39 is 0 Å². The van der Waals surface area contributed by atoms with E-state index in [4.69, 9.17) is 0 Å². The van der Waals surface area contributed by atoms with E-state index in [1.54, 1.807) is 0 Å². The number of nitrogens with one attached hydrogen (secondary N) is 1. The Balaban J connectivity index is 1.87. The molecule has 1 heterocycles. The highest BCUT2D eigenvalue weighted by Gasteiger charge is 2.09. The number of fused-ring (bicyclic) bond motifs is 1. The summed E-state index contributed by atoms with van der Waals surface area (Å²) >= 11 is 1.89. The summed E-state index contributed by atoms with van der Waals surface area (Å²) in [7, 11) is 0. The zero-order valence-corrected chi connectivity index (χ0v) is 13.4. The van der Waals surface area contributed by atoms with Crippen molar-refractivity contribution in [2.45, 2.75) is 26.3 Å². The van der Waals surface area contributed by atoms with Crippen LogP contribution >= 0.6 is 11.3 Å². The molecule has 0 aliphatic heterocycles. The van der Waals surface area contributed by atoms with Gasteiger partial charge in [0.05, 0.1) is 0 Å². The molecule has 108 valence electrons. The predicted octanol–water partition coefficient (Wildman–Crippen LogP) is 5.63. The third-order valence-corrected chi connectivity index (χ3v) is 5.11. The van der Waals surface area contributed by atoms with E-state index in [1.807, 2.05) is 11.3 Å². The second kappa shape index (κ2) is 6.42. The van der Waals surface area contributed by atoms with E-state index in [2.05, 4.69) is 73.8 Å². The first-order valence-corrected chi connectivity index (χ1v) is 8.42. The fourth-order valence-corrected chi connectivity index (χ4v) is 3.58. The molecule has 0 bridgehead atoms. The topological polar surface area (TPSA) is 12.0 Å². The SMILES string of the molecule is CCCNC(C)c1ccc(-c2ccc3ccccc3c2)s1. The first-order valence-electron chi connectivity index (χ1n) is 7.60. The van der Waals surface area contributed by atoms with Crippen LogP contribution in [0.15, 0.2) is 54.6 Å². The van der Waals surface area contributed by atoms with E-state index in [0.717, 1.165) is 6.54 Å². The van der Waals surface area contributed by atoms with Gasteiger partial charge >= 0.3 is 0 Å². The molecule has 1 unspecified atom stereocenters. The van der Waals surface area contributed by atoms with Gasteiger partial charge in [-0.15, -0.1) is 11.3 Å². The van der Waals surface area contributed by atoms with Gasteiger partial charge in [0.25, 0.3) is 0 Å². The largest absolute Gasteiger partial charge is 0.309 e.